The van der Waals surface area contributed by atoms with Gasteiger partial charge in [0.05, 0.1) is 23.3 Å². The van der Waals surface area contributed by atoms with E-state index < -0.39 is 0 Å². The summed E-state index contributed by atoms with van der Waals surface area (Å²) in [5.74, 6) is 0. The lowest BCUT2D eigenvalue weighted by Crippen LogP contribution is -2.13. The first-order chi connectivity index (χ1) is 20.1. The number of hydrogen-bond acceptors (Lipinski definition) is 3. The van der Waals surface area contributed by atoms with Crippen molar-refractivity contribution < 1.29 is 0 Å². The number of allylic oxidation sites excluding steroid dienone is 1. The second kappa shape index (κ2) is 11.5. The molecule has 5 aromatic rings. The van der Waals surface area contributed by atoms with Crippen molar-refractivity contribution in [3.63, 3.8) is 0 Å². The summed E-state index contributed by atoms with van der Waals surface area (Å²) >= 11 is 0. The zero-order valence-electron chi connectivity index (χ0n) is 22.7. The number of rotatable bonds is 6. The Balaban J connectivity index is 1.32. The van der Waals surface area contributed by atoms with E-state index in [0.717, 1.165) is 41.5 Å². The van der Waals surface area contributed by atoms with Crippen LogP contribution in [0.1, 0.15) is 45.8 Å². The van der Waals surface area contributed by atoms with Gasteiger partial charge in [0.1, 0.15) is 0 Å². The summed E-state index contributed by atoms with van der Waals surface area (Å²) in [4.78, 5) is 0. The topological polar surface area (TPSA) is 73.6 Å². The molecule has 3 heteroatoms. The average molecular weight is 528 g/mol. The van der Waals surface area contributed by atoms with E-state index >= 15 is 0 Å². The first kappa shape index (κ1) is 26.0. The lowest BCUT2D eigenvalue weighted by Gasteiger charge is -2.19. The predicted octanol–water partition coefficient (Wildman–Crippen LogP) is 8.63. The molecule has 0 saturated heterocycles. The highest BCUT2D eigenvalue weighted by molar-refractivity contribution is 5.84. The fourth-order valence-electron chi connectivity index (χ4n) is 5.64. The zero-order chi connectivity index (χ0) is 28.2. The third kappa shape index (κ3) is 5.59. The van der Waals surface area contributed by atoms with Gasteiger partial charge in [0.25, 0.3) is 0 Å². The third-order valence-corrected chi connectivity index (χ3v) is 7.82. The molecule has 2 N–H and O–H groups in total. The maximum atomic E-state index is 9.38. The summed E-state index contributed by atoms with van der Waals surface area (Å²) < 4.78 is 0. The molecular formula is C38H29N3. The molecule has 3 nitrogen and oxygen atoms in total. The zero-order valence-corrected chi connectivity index (χ0v) is 22.7. The van der Waals surface area contributed by atoms with E-state index in [2.05, 4.69) is 109 Å². The monoisotopic (exact) mass is 527 g/mol. The molecule has 0 fully saturated rings. The van der Waals surface area contributed by atoms with Crippen LogP contribution in [0.25, 0.3) is 39.5 Å². The largest absolute Gasteiger partial charge is 0.324 e. The Bertz CT molecular complexity index is 1790. The normalized spacial score (nSPS) is 12.7. The molecule has 6 rings (SSSR count). The molecule has 0 aromatic heterocycles. The van der Waals surface area contributed by atoms with Gasteiger partial charge in [-0.05, 0) is 99.2 Å². The number of nitrogens with two attached hydrogens (primary N) is 1. The lowest BCUT2D eigenvalue weighted by atomic mass is 9.86. The molecule has 1 unspecified atom stereocenters. The quantitative estimate of drug-likeness (QED) is 0.240. The number of aryl methyl sites for hydroxylation is 1. The van der Waals surface area contributed by atoms with Crippen LogP contribution in [0.15, 0.2) is 115 Å². The van der Waals surface area contributed by atoms with Crippen molar-refractivity contribution in [3.8, 4) is 45.5 Å². The Morgan fingerprint density at radius 1 is 0.659 bits per heavy atom. The van der Waals surface area contributed by atoms with Crippen LogP contribution in [-0.2, 0) is 12.8 Å². The van der Waals surface area contributed by atoms with Crippen LogP contribution in [0.5, 0.6) is 0 Å². The predicted molar refractivity (Wildman–Crippen MR) is 167 cm³/mol. The van der Waals surface area contributed by atoms with Gasteiger partial charge < -0.3 is 5.73 Å². The highest BCUT2D eigenvalue weighted by atomic mass is 14.6. The summed E-state index contributed by atoms with van der Waals surface area (Å²) in [6.45, 7) is 0. The Hall–Kier alpha value is -5.22. The summed E-state index contributed by atoms with van der Waals surface area (Å²) in [6.07, 6.45) is 7.36. The highest BCUT2D eigenvalue weighted by Crippen LogP contribution is 2.37. The van der Waals surface area contributed by atoms with Crippen molar-refractivity contribution in [1.82, 2.24) is 0 Å². The highest BCUT2D eigenvalue weighted by Gasteiger charge is 2.15. The van der Waals surface area contributed by atoms with Crippen molar-refractivity contribution >= 4 is 6.08 Å². The molecule has 1 atom stereocenters. The van der Waals surface area contributed by atoms with Crippen molar-refractivity contribution in [3.05, 3.63) is 149 Å². The molecule has 0 bridgehead atoms. The molecule has 0 saturated carbocycles. The molecule has 0 radical (unpaired) electrons. The van der Waals surface area contributed by atoms with Crippen LogP contribution in [0.4, 0.5) is 0 Å². The fraction of sp³-hybridized carbons (Fsp3) is 0.105. The summed E-state index contributed by atoms with van der Waals surface area (Å²) in [5.41, 5.74) is 19.1. The summed E-state index contributed by atoms with van der Waals surface area (Å²) in [7, 11) is 0. The SMILES string of the molecule is N#Cc1cc(C#N)cc(-c2ccc(-c3cc(-c4ccc(C(N)Cc5ccccc5)cc4)cc4c3C=CCC4)cc2)c1. The van der Waals surface area contributed by atoms with Gasteiger partial charge in [0.15, 0.2) is 0 Å². The van der Waals surface area contributed by atoms with Gasteiger partial charge in [-0.2, -0.15) is 10.5 Å². The van der Waals surface area contributed by atoms with E-state index in [0.29, 0.717) is 11.1 Å². The second-order valence-electron chi connectivity index (χ2n) is 10.6. The van der Waals surface area contributed by atoms with Crippen LogP contribution in [0.3, 0.4) is 0 Å². The fourth-order valence-corrected chi connectivity index (χ4v) is 5.64. The van der Waals surface area contributed by atoms with Crippen molar-refractivity contribution in [2.75, 3.05) is 0 Å². The molecule has 0 heterocycles. The van der Waals surface area contributed by atoms with Crippen molar-refractivity contribution in [2.24, 2.45) is 5.73 Å². The van der Waals surface area contributed by atoms with Crippen LogP contribution in [0, 0.1) is 22.7 Å². The molecule has 1 aliphatic carbocycles. The van der Waals surface area contributed by atoms with Gasteiger partial charge in [-0.1, -0.05) is 97.1 Å². The number of benzene rings is 5. The molecule has 0 amide bonds. The number of nitriles is 2. The molecule has 196 valence electrons. The molecule has 0 aliphatic heterocycles. The summed E-state index contributed by atoms with van der Waals surface area (Å²) in [5, 5.41) is 18.8. The van der Waals surface area contributed by atoms with E-state index in [-0.39, 0.29) is 6.04 Å². The first-order valence-corrected chi connectivity index (χ1v) is 13.9. The smallest absolute Gasteiger partial charge is 0.0992 e. The minimum absolute atomic E-state index is 0.0488. The Morgan fingerprint density at radius 3 is 1.93 bits per heavy atom. The van der Waals surface area contributed by atoms with E-state index in [1.807, 2.05) is 18.2 Å². The standard InChI is InChI=1S/C38H29N3/c39-24-27-18-28(25-40)20-34(19-27)29-10-14-31(15-11-29)37-23-35(22-33-8-4-5-9-36(33)37)30-12-16-32(17-13-30)38(41)21-26-6-2-1-3-7-26/h1-3,5-7,9-20,22-23,38H,4,8,21,41H2. The maximum absolute atomic E-state index is 9.38. The number of fused-ring (bicyclic) bond motifs is 1. The molecule has 1 aliphatic rings. The van der Waals surface area contributed by atoms with Crippen molar-refractivity contribution in [1.29, 1.82) is 10.5 Å². The second-order valence-corrected chi connectivity index (χ2v) is 10.6. The molecule has 41 heavy (non-hydrogen) atoms. The van der Waals surface area contributed by atoms with Crippen LogP contribution < -0.4 is 5.73 Å². The van der Waals surface area contributed by atoms with E-state index in [4.69, 9.17) is 5.73 Å². The molecule has 0 spiro atoms. The average Bonchev–Trinajstić information content (AvgIpc) is 3.04. The molecular weight excluding hydrogens is 498 g/mol. The van der Waals surface area contributed by atoms with Crippen LogP contribution >= 0.6 is 0 Å². The Kier molecular flexibility index (Phi) is 7.29. The first-order valence-electron chi connectivity index (χ1n) is 13.9. The van der Waals surface area contributed by atoms with Crippen LogP contribution in [-0.4, -0.2) is 0 Å². The van der Waals surface area contributed by atoms with E-state index in [9.17, 15) is 10.5 Å². The summed E-state index contributed by atoms with van der Waals surface area (Å²) in [6, 6.07) is 41.6. The van der Waals surface area contributed by atoms with Gasteiger partial charge in [0.2, 0.25) is 0 Å². The minimum Gasteiger partial charge on any atom is -0.324 e. The van der Waals surface area contributed by atoms with Gasteiger partial charge in [-0.3, -0.25) is 0 Å². The van der Waals surface area contributed by atoms with Gasteiger partial charge >= 0.3 is 0 Å². The Labute approximate surface area is 241 Å². The van der Waals surface area contributed by atoms with E-state index in [1.165, 1.54) is 33.4 Å². The Morgan fingerprint density at radius 2 is 1.27 bits per heavy atom. The minimum atomic E-state index is -0.0488. The van der Waals surface area contributed by atoms with Gasteiger partial charge in [-0.15, -0.1) is 0 Å². The third-order valence-electron chi connectivity index (χ3n) is 7.82. The maximum Gasteiger partial charge on any atom is 0.0992 e. The van der Waals surface area contributed by atoms with Crippen molar-refractivity contribution in [2.45, 2.75) is 25.3 Å². The van der Waals surface area contributed by atoms with E-state index in [1.54, 1.807) is 6.07 Å². The number of nitrogens with zero attached hydrogens (tertiary/aromatic N) is 2. The lowest BCUT2D eigenvalue weighted by molar-refractivity contribution is 0.722. The number of hydrogen-bond donors (Lipinski definition) is 1. The van der Waals surface area contributed by atoms with Gasteiger partial charge in [0, 0.05) is 6.04 Å². The van der Waals surface area contributed by atoms with Gasteiger partial charge in [-0.25, -0.2) is 0 Å². The van der Waals surface area contributed by atoms with Crippen LogP contribution in [0.2, 0.25) is 0 Å². The molecule has 5 aromatic carbocycles.